The fourth-order valence-electron chi connectivity index (χ4n) is 3.33. The van der Waals surface area contributed by atoms with Gasteiger partial charge in [-0.05, 0) is 51.9 Å². The molecule has 1 amide bonds. The number of H-pyrrole nitrogens is 1. The van der Waals surface area contributed by atoms with Gasteiger partial charge in [-0.3, -0.25) is 4.79 Å². The molecule has 4 heteroatoms. The number of aromatic amines is 1. The molecule has 1 aromatic carbocycles. The highest BCUT2D eigenvalue weighted by Gasteiger charge is 2.23. The molecule has 1 aliphatic rings. The van der Waals surface area contributed by atoms with Crippen LogP contribution in [0.3, 0.4) is 0 Å². The Kier molecular flexibility index (Phi) is 3.72. The fourth-order valence-corrected chi connectivity index (χ4v) is 3.33. The van der Waals surface area contributed by atoms with E-state index in [1.54, 1.807) is 6.07 Å². The van der Waals surface area contributed by atoms with Gasteiger partial charge in [0.05, 0.1) is 11.1 Å². The monoisotopic (exact) mass is 285 g/mol. The molecule has 0 radical (unpaired) electrons. The molecule has 0 saturated carbocycles. The third-order valence-corrected chi connectivity index (χ3v) is 4.64. The summed E-state index contributed by atoms with van der Waals surface area (Å²) in [6.07, 6.45) is 2.33. The Hall–Kier alpha value is -1.81. The number of aromatic nitrogens is 1. The second-order valence-corrected chi connectivity index (χ2v) is 6.26. The van der Waals surface area contributed by atoms with Crippen molar-refractivity contribution in [3.63, 3.8) is 0 Å². The SMILES string of the molecule is CC(C)N1CCC(c2cc3cccc(C(N)=O)c3[nH]2)CC1. The third kappa shape index (κ3) is 2.68. The number of nitrogens with one attached hydrogen (secondary N) is 1. The molecule has 21 heavy (non-hydrogen) atoms. The van der Waals surface area contributed by atoms with Gasteiger partial charge in [0.1, 0.15) is 0 Å². The standard InChI is InChI=1S/C17H23N3O/c1-11(2)20-8-6-12(7-9-20)15-10-13-4-3-5-14(17(18)21)16(13)19-15/h3-5,10-12,19H,6-9H2,1-2H3,(H2,18,21). The topological polar surface area (TPSA) is 62.1 Å². The van der Waals surface area contributed by atoms with Gasteiger partial charge in [-0.15, -0.1) is 0 Å². The maximum Gasteiger partial charge on any atom is 0.250 e. The average molecular weight is 285 g/mol. The average Bonchev–Trinajstić information content (AvgIpc) is 2.90. The second-order valence-electron chi connectivity index (χ2n) is 6.26. The minimum Gasteiger partial charge on any atom is -0.366 e. The summed E-state index contributed by atoms with van der Waals surface area (Å²) in [7, 11) is 0. The normalized spacial score (nSPS) is 17.7. The van der Waals surface area contributed by atoms with Gasteiger partial charge < -0.3 is 15.6 Å². The van der Waals surface area contributed by atoms with Crippen LogP contribution in [-0.2, 0) is 0 Å². The lowest BCUT2D eigenvalue weighted by molar-refractivity contribution is 0.100. The lowest BCUT2D eigenvalue weighted by Crippen LogP contribution is -2.37. The summed E-state index contributed by atoms with van der Waals surface area (Å²) in [5.74, 6) is 0.178. The van der Waals surface area contributed by atoms with Gasteiger partial charge in [0.2, 0.25) is 0 Å². The molecule has 2 heterocycles. The molecule has 0 aliphatic carbocycles. The van der Waals surface area contributed by atoms with Crippen molar-refractivity contribution in [2.24, 2.45) is 5.73 Å². The van der Waals surface area contributed by atoms with E-state index in [1.807, 2.05) is 12.1 Å². The molecule has 1 fully saturated rings. The Morgan fingerprint density at radius 3 is 2.67 bits per heavy atom. The summed E-state index contributed by atoms with van der Waals surface area (Å²) in [5.41, 5.74) is 8.15. The summed E-state index contributed by atoms with van der Waals surface area (Å²) in [4.78, 5) is 17.5. The zero-order valence-electron chi connectivity index (χ0n) is 12.7. The maximum atomic E-state index is 11.5. The number of carbonyl (C=O) groups is 1. The molecule has 0 unspecified atom stereocenters. The number of para-hydroxylation sites is 1. The Balaban J connectivity index is 1.86. The number of amides is 1. The molecule has 0 atom stereocenters. The Morgan fingerprint density at radius 1 is 1.33 bits per heavy atom. The summed E-state index contributed by atoms with van der Waals surface area (Å²) >= 11 is 0. The van der Waals surface area contributed by atoms with Crippen LogP contribution >= 0.6 is 0 Å². The molecule has 3 N–H and O–H groups in total. The van der Waals surface area contributed by atoms with Gasteiger partial charge in [-0.25, -0.2) is 0 Å². The van der Waals surface area contributed by atoms with Crippen molar-refractivity contribution in [3.05, 3.63) is 35.5 Å². The number of piperidine rings is 1. The van der Waals surface area contributed by atoms with E-state index in [0.717, 1.165) is 36.8 Å². The van der Waals surface area contributed by atoms with Crippen LogP contribution in [0.25, 0.3) is 10.9 Å². The van der Waals surface area contributed by atoms with Crippen molar-refractivity contribution >= 4 is 16.8 Å². The Morgan fingerprint density at radius 2 is 2.05 bits per heavy atom. The van der Waals surface area contributed by atoms with Gasteiger partial charge in [0, 0.05) is 23.0 Å². The molecule has 0 spiro atoms. The number of nitrogens with two attached hydrogens (primary N) is 1. The Bertz CT molecular complexity index is 651. The van der Waals surface area contributed by atoms with Crippen LogP contribution in [-0.4, -0.2) is 34.9 Å². The van der Waals surface area contributed by atoms with Gasteiger partial charge in [0.25, 0.3) is 5.91 Å². The highest BCUT2D eigenvalue weighted by Crippen LogP contribution is 2.31. The van der Waals surface area contributed by atoms with Crippen molar-refractivity contribution in [2.45, 2.75) is 38.6 Å². The van der Waals surface area contributed by atoms with Gasteiger partial charge in [-0.1, -0.05) is 12.1 Å². The first-order valence-corrected chi connectivity index (χ1v) is 7.71. The van der Waals surface area contributed by atoms with Crippen LogP contribution < -0.4 is 5.73 Å². The first kappa shape index (κ1) is 14.1. The van der Waals surface area contributed by atoms with Crippen molar-refractivity contribution in [3.8, 4) is 0 Å². The molecule has 112 valence electrons. The lowest BCUT2D eigenvalue weighted by atomic mass is 9.93. The molecule has 2 aromatic rings. The van der Waals surface area contributed by atoms with E-state index in [2.05, 4.69) is 29.8 Å². The number of rotatable bonds is 3. The molecule has 1 saturated heterocycles. The molecule has 1 aliphatic heterocycles. The van der Waals surface area contributed by atoms with Gasteiger partial charge in [-0.2, -0.15) is 0 Å². The Labute approximate surface area is 125 Å². The quantitative estimate of drug-likeness (QED) is 0.911. The number of nitrogens with zero attached hydrogens (tertiary/aromatic N) is 1. The van der Waals surface area contributed by atoms with Crippen molar-refractivity contribution in [1.29, 1.82) is 0 Å². The molecular weight excluding hydrogens is 262 g/mol. The minimum atomic E-state index is -0.372. The van der Waals surface area contributed by atoms with Crippen molar-refractivity contribution < 1.29 is 4.79 Å². The molecule has 4 nitrogen and oxygen atoms in total. The van der Waals surface area contributed by atoms with Crippen LogP contribution in [0, 0.1) is 0 Å². The molecule has 1 aromatic heterocycles. The first-order valence-electron chi connectivity index (χ1n) is 7.71. The summed E-state index contributed by atoms with van der Waals surface area (Å²) in [6.45, 7) is 6.78. The summed E-state index contributed by atoms with van der Waals surface area (Å²) in [6, 6.07) is 8.51. The van der Waals surface area contributed by atoms with E-state index in [9.17, 15) is 4.79 Å². The van der Waals surface area contributed by atoms with Crippen LogP contribution in [0.5, 0.6) is 0 Å². The highest BCUT2D eigenvalue weighted by molar-refractivity contribution is 6.05. The van der Waals surface area contributed by atoms with E-state index in [1.165, 1.54) is 5.69 Å². The maximum absolute atomic E-state index is 11.5. The number of hydrogen-bond acceptors (Lipinski definition) is 2. The van der Waals surface area contributed by atoms with Crippen LogP contribution in [0.2, 0.25) is 0 Å². The van der Waals surface area contributed by atoms with Crippen LogP contribution in [0.1, 0.15) is 48.7 Å². The third-order valence-electron chi connectivity index (χ3n) is 4.64. The van der Waals surface area contributed by atoms with Crippen LogP contribution in [0.4, 0.5) is 0 Å². The van der Waals surface area contributed by atoms with Crippen molar-refractivity contribution in [2.75, 3.05) is 13.1 Å². The zero-order valence-corrected chi connectivity index (χ0v) is 12.7. The number of fused-ring (bicyclic) bond motifs is 1. The van der Waals surface area contributed by atoms with Gasteiger partial charge >= 0.3 is 0 Å². The van der Waals surface area contributed by atoms with E-state index in [0.29, 0.717) is 17.5 Å². The largest absolute Gasteiger partial charge is 0.366 e. The molecule has 3 rings (SSSR count). The predicted octanol–water partition coefficient (Wildman–Crippen LogP) is 2.85. The fraction of sp³-hybridized carbons (Fsp3) is 0.471. The number of primary amides is 1. The molecular formula is C17H23N3O. The van der Waals surface area contributed by atoms with Gasteiger partial charge in [0.15, 0.2) is 0 Å². The van der Waals surface area contributed by atoms with E-state index >= 15 is 0 Å². The number of hydrogen-bond donors (Lipinski definition) is 2. The zero-order chi connectivity index (χ0) is 15.0. The van der Waals surface area contributed by atoms with E-state index < -0.39 is 0 Å². The van der Waals surface area contributed by atoms with Crippen molar-refractivity contribution in [1.82, 2.24) is 9.88 Å². The first-order chi connectivity index (χ1) is 10.1. The summed E-state index contributed by atoms with van der Waals surface area (Å²) in [5, 5.41) is 1.08. The minimum absolute atomic E-state index is 0.372. The molecule has 0 bridgehead atoms. The second kappa shape index (κ2) is 5.53. The number of likely N-dealkylation sites (tertiary alicyclic amines) is 1. The number of benzene rings is 1. The highest BCUT2D eigenvalue weighted by atomic mass is 16.1. The number of carbonyl (C=O) groups excluding carboxylic acids is 1. The summed E-state index contributed by atoms with van der Waals surface area (Å²) < 4.78 is 0. The smallest absolute Gasteiger partial charge is 0.250 e. The lowest BCUT2D eigenvalue weighted by Gasteiger charge is -2.34. The predicted molar refractivity (Wildman–Crippen MR) is 85.5 cm³/mol. The van der Waals surface area contributed by atoms with Crippen LogP contribution in [0.15, 0.2) is 24.3 Å². The van der Waals surface area contributed by atoms with E-state index in [-0.39, 0.29) is 5.91 Å². The van der Waals surface area contributed by atoms with E-state index in [4.69, 9.17) is 5.73 Å².